The number of hydrogen-bond acceptors (Lipinski definition) is 7. The summed E-state index contributed by atoms with van der Waals surface area (Å²) < 4.78 is 10.5. The Morgan fingerprint density at radius 2 is 2.00 bits per heavy atom. The standard InChI is InChI=1S/C19H18N4O4/c1-12(24)13-4-6-15(7-5-13)20-17(25)11-23-9-14(10-23)19-21-18(22-27-19)16-3-2-8-26-16/h2-8,14H,9-11H2,1H3,(H,20,25). The van der Waals surface area contributed by atoms with Gasteiger partial charge in [-0.3, -0.25) is 14.5 Å². The minimum atomic E-state index is -0.106. The molecule has 3 aromatic rings. The third-order valence-corrected chi connectivity index (χ3v) is 4.43. The fourth-order valence-corrected chi connectivity index (χ4v) is 2.95. The average Bonchev–Trinajstić information content (AvgIpc) is 3.29. The second kappa shape index (κ2) is 7.16. The fourth-order valence-electron chi connectivity index (χ4n) is 2.95. The number of carbonyl (C=O) groups excluding carboxylic acids is 2. The number of nitrogens with one attached hydrogen (secondary N) is 1. The lowest BCUT2D eigenvalue weighted by atomic mass is 10.0. The Morgan fingerprint density at radius 1 is 1.22 bits per heavy atom. The first-order chi connectivity index (χ1) is 13.1. The number of aromatic nitrogens is 2. The Morgan fingerprint density at radius 3 is 2.67 bits per heavy atom. The van der Waals surface area contributed by atoms with Crippen molar-refractivity contribution >= 4 is 17.4 Å². The Balaban J connectivity index is 1.26. The van der Waals surface area contributed by atoms with Crippen LogP contribution in [-0.4, -0.2) is 46.4 Å². The minimum Gasteiger partial charge on any atom is -0.461 e. The SMILES string of the molecule is CC(=O)c1ccc(NC(=O)CN2CC(c3nc(-c4ccco4)no3)C2)cc1. The third-order valence-electron chi connectivity index (χ3n) is 4.43. The summed E-state index contributed by atoms with van der Waals surface area (Å²) >= 11 is 0. The lowest BCUT2D eigenvalue weighted by molar-refractivity contribution is -0.118. The molecule has 1 aliphatic rings. The maximum Gasteiger partial charge on any atom is 0.238 e. The van der Waals surface area contributed by atoms with E-state index in [-0.39, 0.29) is 24.2 Å². The van der Waals surface area contributed by atoms with Gasteiger partial charge in [0.1, 0.15) is 0 Å². The number of nitrogens with zero attached hydrogens (tertiary/aromatic N) is 3. The molecular weight excluding hydrogens is 348 g/mol. The second-order valence-corrected chi connectivity index (χ2v) is 6.51. The van der Waals surface area contributed by atoms with Crippen LogP contribution in [0.3, 0.4) is 0 Å². The molecule has 1 N–H and O–H groups in total. The van der Waals surface area contributed by atoms with Crippen LogP contribution in [0.25, 0.3) is 11.6 Å². The van der Waals surface area contributed by atoms with Crippen LogP contribution in [0.4, 0.5) is 5.69 Å². The maximum atomic E-state index is 12.2. The molecule has 1 fully saturated rings. The number of furan rings is 1. The van der Waals surface area contributed by atoms with E-state index in [9.17, 15) is 9.59 Å². The van der Waals surface area contributed by atoms with E-state index in [1.54, 1.807) is 42.7 Å². The Hall–Kier alpha value is -3.26. The minimum absolute atomic E-state index is 0.00396. The number of anilines is 1. The molecule has 0 bridgehead atoms. The monoisotopic (exact) mass is 366 g/mol. The maximum absolute atomic E-state index is 12.2. The molecule has 1 aliphatic heterocycles. The highest BCUT2D eigenvalue weighted by atomic mass is 16.5. The lowest BCUT2D eigenvalue weighted by Crippen LogP contribution is -2.48. The van der Waals surface area contributed by atoms with Gasteiger partial charge in [-0.1, -0.05) is 5.16 Å². The molecule has 1 aromatic carbocycles. The molecule has 0 unspecified atom stereocenters. The molecule has 0 aliphatic carbocycles. The molecule has 0 spiro atoms. The van der Waals surface area contributed by atoms with Crippen LogP contribution in [-0.2, 0) is 4.79 Å². The van der Waals surface area contributed by atoms with Gasteiger partial charge in [-0.25, -0.2) is 0 Å². The molecule has 4 rings (SSSR count). The van der Waals surface area contributed by atoms with Crippen molar-refractivity contribution in [2.75, 3.05) is 25.0 Å². The summed E-state index contributed by atoms with van der Waals surface area (Å²) in [6.07, 6.45) is 1.56. The number of likely N-dealkylation sites (tertiary alicyclic amines) is 1. The topological polar surface area (TPSA) is 101 Å². The number of ketones is 1. The summed E-state index contributed by atoms with van der Waals surface area (Å²) in [5, 5.41) is 6.75. The predicted octanol–water partition coefficient (Wildman–Crippen LogP) is 2.57. The van der Waals surface area contributed by atoms with Gasteiger partial charge in [-0.05, 0) is 43.3 Å². The van der Waals surface area contributed by atoms with Crippen molar-refractivity contribution in [3.63, 3.8) is 0 Å². The van der Waals surface area contributed by atoms with E-state index in [4.69, 9.17) is 8.94 Å². The van der Waals surface area contributed by atoms with Gasteiger partial charge in [-0.2, -0.15) is 4.98 Å². The van der Waals surface area contributed by atoms with Gasteiger partial charge in [-0.15, -0.1) is 0 Å². The van der Waals surface area contributed by atoms with Gasteiger partial charge < -0.3 is 14.3 Å². The van der Waals surface area contributed by atoms with Gasteiger partial charge in [0.05, 0.1) is 18.7 Å². The zero-order chi connectivity index (χ0) is 18.8. The fraction of sp³-hybridized carbons (Fsp3) is 0.263. The first kappa shape index (κ1) is 17.2. The van der Waals surface area contributed by atoms with Crippen molar-refractivity contribution in [2.45, 2.75) is 12.8 Å². The van der Waals surface area contributed by atoms with E-state index >= 15 is 0 Å². The summed E-state index contributed by atoms with van der Waals surface area (Å²) in [6.45, 7) is 3.14. The van der Waals surface area contributed by atoms with Crippen LogP contribution in [0.1, 0.15) is 29.1 Å². The summed E-state index contributed by atoms with van der Waals surface area (Å²) in [5.74, 6) is 1.56. The smallest absolute Gasteiger partial charge is 0.238 e. The van der Waals surface area contributed by atoms with Crippen molar-refractivity contribution < 1.29 is 18.5 Å². The number of hydrogen-bond donors (Lipinski definition) is 1. The number of benzene rings is 1. The van der Waals surface area contributed by atoms with Crippen molar-refractivity contribution in [1.29, 1.82) is 0 Å². The number of carbonyl (C=O) groups is 2. The van der Waals surface area contributed by atoms with Crippen LogP contribution in [0, 0.1) is 0 Å². The lowest BCUT2D eigenvalue weighted by Gasteiger charge is -2.36. The Labute approximate surface area is 155 Å². The second-order valence-electron chi connectivity index (χ2n) is 6.51. The Bertz CT molecular complexity index is 941. The highest BCUT2D eigenvalue weighted by molar-refractivity contribution is 5.96. The number of amides is 1. The van der Waals surface area contributed by atoms with E-state index < -0.39 is 0 Å². The number of rotatable bonds is 6. The zero-order valence-electron chi connectivity index (χ0n) is 14.7. The highest BCUT2D eigenvalue weighted by Gasteiger charge is 2.33. The van der Waals surface area contributed by atoms with Gasteiger partial charge in [0.2, 0.25) is 17.6 Å². The van der Waals surface area contributed by atoms with Gasteiger partial charge >= 0.3 is 0 Å². The summed E-state index contributed by atoms with van der Waals surface area (Å²) in [6, 6.07) is 10.4. The molecule has 0 radical (unpaired) electrons. The molecule has 3 heterocycles. The Kier molecular flexibility index (Phi) is 4.55. The molecule has 8 heteroatoms. The molecule has 1 saturated heterocycles. The molecule has 8 nitrogen and oxygen atoms in total. The molecule has 0 atom stereocenters. The normalized spacial score (nSPS) is 14.7. The molecule has 2 aromatic heterocycles. The molecule has 138 valence electrons. The van der Waals surface area contributed by atoms with Crippen molar-refractivity contribution in [3.05, 3.63) is 54.1 Å². The van der Waals surface area contributed by atoms with Crippen LogP contribution in [0.5, 0.6) is 0 Å². The summed E-state index contributed by atoms with van der Waals surface area (Å²) in [5.41, 5.74) is 1.29. The first-order valence-electron chi connectivity index (χ1n) is 8.59. The largest absolute Gasteiger partial charge is 0.461 e. The first-order valence-corrected chi connectivity index (χ1v) is 8.59. The quantitative estimate of drug-likeness (QED) is 0.669. The van der Waals surface area contributed by atoms with Gasteiger partial charge in [0, 0.05) is 24.3 Å². The van der Waals surface area contributed by atoms with Gasteiger partial charge in [0.15, 0.2) is 11.5 Å². The van der Waals surface area contributed by atoms with E-state index in [2.05, 4.69) is 15.5 Å². The van der Waals surface area contributed by atoms with Crippen molar-refractivity contribution in [2.24, 2.45) is 0 Å². The molecule has 0 saturated carbocycles. The van der Waals surface area contributed by atoms with Crippen LogP contribution < -0.4 is 5.32 Å². The van der Waals surface area contributed by atoms with E-state index in [1.807, 2.05) is 4.90 Å². The highest BCUT2D eigenvalue weighted by Crippen LogP contribution is 2.27. The third kappa shape index (κ3) is 3.80. The van der Waals surface area contributed by atoms with E-state index in [0.29, 0.717) is 41.8 Å². The van der Waals surface area contributed by atoms with Crippen molar-refractivity contribution in [3.8, 4) is 11.6 Å². The molecular formula is C19H18N4O4. The molecule has 1 amide bonds. The average molecular weight is 366 g/mol. The molecule has 27 heavy (non-hydrogen) atoms. The zero-order valence-corrected chi connectivity index (χ0v) is 14.7. The predicted molar refractivity (Wildman–Crippen MR) is 96.3 cm³/mol. The van der Waals surface area contributed by atoms with Gasteiger partial charge in [0.25, 0.3) is 0 Å². The van der Waals surface area contributed by atoms with Crippen LogP contribution >= 0.6 is 0 Å². The summed E-state index contributed by atoms with van der Waals surface area (Å²) in [4.78, 5) is 29.8. The number of Topliss-reactive ketones (excluding diaryl/α,β-unsaturated/α-hetero) is 1. The van der Waals surface area contributed by atoms with Crippen LogP contribution in [0.2, 0.25) is 0 Å². The van der Waals surface area contributed by atoms with Crippen LogP contribution in [0.15, 0.2) is 51.6 Å². The summed E-state index contributed by atoms with van der Waals surface area (Å²) in [7, 11) is 0. The van der Waals surface area contributed by atoms with Crippen molar-refractivity contribution in [1.82, 2.24) is 15.0 Å². The van der Waals surface area contributed by atoms with E-state index in [0.717, 1.165) is 0 Å². The van der Waals surface area contributed by atoms with E-state index in [1.165, 1.54) is 6.92 Å².